The maximum atomic E-state index is 12.5. The van der Waals surface area contributed by atoms with Gasteiger partial charge in [0.15, 0.2) is 0 Å². The Morgan fingerprint density at radius 1 is 1.33 bits per heavy atom. The van der Waals surface area contributed by atoms with Gasteiger partial charge in [-0.15, -0.1) is 11.3 Å². The van der Waals surface area contributed by atoms with Crippen molar-refractivity contribution in [3.05, 3.63) is 51.4 Å². The Bertz CT molecular complexity index is 828. The van der Waals surface area contributed by atoms with Crippen LogP contribution in [0.2, 0.25) is 5.02 Å². The van der Waals surface area contributed by atoms with Gasteiger partial charge < -0.3 is 10.6 Å². The SMILES string of the molecule is O=C(CC[C@H]1NC(=O)N(Cc2ccccc2Cl)C1=O)NCCc1nccs1. The zero-order valence-corrected chi connectivity index (χ0v) is 16.1. The van der Waals surface area contributed by atoms with Crippen LogP contribution >= 0.6 is 22.9 Å². The largest absolute Gasteiger partial charge is 0.356 e. The molecular weight excluding hydrogens is 388 g/mol. The molecule has 0 saturated carbocycles. The standard InChI is InChI=1S/C18H19ClN4O3S/c19-13-4-2-1-3-12(13)11-23-17(25)14(22-18(23)26)5-6-15(24)20-8-7-16-21-9-10-27-16/h1-4,9-10,14H,5-8,11H2,(H,20,24)(H,22,26)/t14-/m1/s1. The predicted molar refractivity (Wildman–Crippen MR) is 102 cm³/mol. The molecule has 1 aromatic carbocycles. The highest BCUT2D eigenvalue weighted by atomic mass is 35.5. The molecule has 3 rings (SSSR count). The van der Waals surface area contributed by atoms with Gasteiger partial charge in [-0.3, -0.25) is 14.5 Å². The summed E-state index contributed by atoms with van der Waals surface area (Å²) in [6.07, 6.45) is 2.82. The average molecular weight is 407 g/mol. The molecule has 2 N–H and O–H groups in total. The number of nitrogens with one attached hydrogen (secondary N) is 2. The molecule has 2 heterocycles. The first-order valence-corrected chi connectivity index (χ1v) is 9.80. The minimum atomic E-state index is -0.690. The Morgan fingerprint density at radius 2 is 2.15 bits per heavy atom. The third-order valence-electron chi connectivity index (χ3n) is 4.20. The van der Waals surface area contributed by atoms with Crippen molar-refractivity contribution in [2.45, 2.75) is 31.8 Å². The number of rotatable bonds is 8. The van der Waals surface area contributed by atoms with Crippen molar-refractivity contribution in [3.8, 4) is 0 Å². The first kappa shape index (κ1) is 19.3. The molecule has 1 fully saturated rings. The molecule has 0 radical (unpaired) electrons. The fourth-order valence-corrected chi connectivity index (χ4v) is 3.58. The summed E-state index contributed by atoms with van der Waals surface area (Å²) in [6.45, 7) is 0.608. The minimum absolute atomic E-state index is 0.112. The summed E-state index contributed by atoms with van der Waals surface area (Å²) in [6, 6.07) is 5.91. The number of nitrogens with zero attached hydrogens (tertiary/aromatic N) is 2. The molecule has 0 bridgehead atoms. The lowest BCUT2D eigenvalue weighted by Gasteiger charge is -2.14. The molecular formula is C18H19ClN4O3S. The lowest BCUT2D eigenvalue weighted by atomic mass is 10.1. The molecule has 1 atom stereocenters. The van der Waals surface area contributed by atoms with E-state index in [4.69, 9.17) is 11.6 Å². The van der Waals surface area contributed by atoms with Crippen LogP contribution in [0.5, 0.6) is 0 Å². The van der Waals surface area contributed by atoms with Crippen LogP contribution in [0.15, 0.2) is 35.8 Å². The van der Waals surface area contributed by atoms with Gasteiger partial charge in [-0.25, -0.2) is 9.78 Å². The summed E-state index contributed by atoms with van der Waals surface area (Å²) >= 11 is 7.64. The van der Waals surface area contributed by atoms with Gasteiger partial charge >= 0.3 is 6.03 Å². The molecule has 0 unspecified atom stereocenters. The van der Waals surface area contributed by atoms with Crippen LogP contribution in [-0.2, 0) is 22.6 Å². The summed E-state index contributed by atoms with van der Waals surface area (Å²) in [7, 11) is 0. The summed E-state index contributed by atoms with van der Waals surface area (Å²) in [5, 5.41) is 8.79. The van der Waals surface area contributed by atoms with Gasteiger partial charge in [0.25, 0.3) is 5.91 Å². The molecule has 1 saturated heterocycles. The number of carbonyl (C=O) groups is 3. The van der Waals surface area contributed by atoms with Gasteiger partial charge in [0.1, 0.15) is 6.04 Å². The lowest BCUT2D eigenvalue weighted by molar-refractivity contribution is -0.128. The van der Waals surface area contributed by atoms with E-state index in [1.165, 1.54) is 0 Å². The number of amides is 4. The number of carbonyl (C=O) groups excluding carboxylic acids is 3. The van der Waals surface area contributed by atoms with Crippen LogP contribution in [-0.4, -0.2) is 40.3 Å². The quantitative estimate of drug-likeness (QED) is 0.658. The van der Waals surface area contributed by atoms with E-state index in [9.17, 15) is 14.4 Å². The number of aromatic nitrogens is 1. The molecule has 1 aromatic heterocycles. The van der Waals surface area contributed by atoms with Gasteiger partial charge in [-0.05, 0) is 18.1 Å². The molecule has 27 heavy (non-hydrogen) atoms. The molecule has 1 aliphatic rings. The van der Waals surface area contributed by atoms with Crippen LogP contribution in [0.25, 0.3) is 0 Å². The molecule has 142 valence electrons. The topological polar surface area (TPSA) is 91.4 Å². The molecule has 0 aliphatic carbocycles. The smallest absolute Gasteiger partial charge is 0.325 e. The van der Waals surface area contributed by atoms with Crippen LogP contribution in [0.1, 0.15) is 23.4 Å². The second-order valence-electron chi connectivity index (χ2n) is 6.08. The second kappa shape index (κ2) is 8.96. The number of hydrogen-bond acceptors (Lipinski definition) is 5. The summed E-state index contributed by atoms with van der Waals surface area (Å²) in [5.41, 5.74) is 0.697. The zero-order chi connectivity index (χ0) is 19.2. The van der Waals surface area contributed by atoms with Crippen molar-refractivity contribution in [2.75, 3.05) is 6.54 Å². The van der Waals surface area contributed by atoms with Crippen molar-refractivity contribution in [1.29, 1.82) is 0 Å². The fraction of sp³-hybridized carbons (Fsp3) is 0.333. The molecule has 2 aromatic rings. The van der Waals surface area contributed by atoms with Crippen molar-refractivity contribution < 1.29 is 14.4 Å². The van der Waals surface area contributed by atoms with E-state index in [1.807, 2.05) is 5.38 Å². The highest BCUT2D eigenvalue weighted by Gasteiger charge is 2.38. The number of urea groups is 1. The van der Waals surface area contributed by atoms with Gasteiger partial charge in [0.2, 0.25) is 5.91 Å². The Kier molecular flexibility index (Phi) is 6.41. The number of benzene rings is 1. The van der Waals surface area contributed by atoms with E-state index in [1.54, 1.807) is 41.8 Å². The fourth-order valence-electron chi connectivity index (χ4n) is 2.77. The van der Waals surface area contributed by atoms with Crippen LogP contribution in [0.3, 0.4) is 0 Å². The zero-order valence-electron chi connectivity index (χ0n) is 14.5. The van der Waals surface area contributed by atoms with Crippen molar-refractivity contribution >= 4 is 40.8 Å². The van der Waals surface area contributed by atoms with Gasteiger partial charge in [-0.1, -0.05) is 29.8 Å². The van der Waals surface area contributed by atoms with E-state index >= 15 is 0 Å². The van der Waals surface area contributed by atoms with Gasteiger partial charge in [-0.2, -0.15) is 0 Å². The third kappa shape index (κ3) is 5.05. The van der Waals surface area contributed by atoms with Gasteiger partial charge in [0.05, 0.1) is 11.6 Å². The van der Waals surface area contributed by atoms with Crippen LogP contribution < -0.4 is 10.6 Å². The summed E-state index contributed by atoms with van der Waals surface area (Å²) < 4.78 is 0. The first-order chi connectivity index (χ1) is 13.0. The van der Waals surface area contributed by atoms with E-state index in [0.29, 0.717) is 23.6 Å². The first-order valence-electron chi connectivity index (χ1n) is 8.55. The minimum Gasteiger partial charge on any atom is -0.356 e. The highest BCUT2D eigenvalue weighted by Crippen LogP contribution is 2.20. The summed E-state index contributed by atoms with van der Waals surface area (Å²) in [4.78, 5) is 41.8. The predicted octanol–water partition coefficient (Wildman–Crippen LogP) is 2.36. The van der Waals surface area contributed by atoms with Crippen molar-refractivity contribution in [3.63, 3.8) is 0 Å². The number of imide groups is 1. The molecule has 9 heteroatoms. The van der Waals surface area contributed by atoms with Crippen LogP contribution in [0, 0.1) is 0 Å². The summed E-state index contributed by atoms with van der Waals surface area (Å²) in [5.74, 6) is -0.492. The number of thiazole rings is 1. The molecule has 4 amide bonds. The van der Waals surface area contributed by atoms with E-state index < -0.39 is 12.1 Å². The number of hydrogen-bond donors (Lipinski definition) is 2. The number of halogens is 1. The third-order valence-corrected chi connectivity index (χ3v) is 5.41. The monoisotopic (exact) mass is 406 g/mol. The molecule has 7 nitrogen and oxygen atoms in total. The second-order valence-corrected chi connectivity index (χ2v) is 7.47. The van der Waals surface area contributed by atoms with E-state index in [-0.39, 0.29) is 31.2 Å². The Hall–Kier alpha value is -2.45. The van der Waals surface area contributed by atoms with E-state index in [2.05, 4.69) is 15.6 Å². The Balaban J connectivity index is 1.45. The molecule has 1 aliphatic heterocycles. The van der Waals surface area contributed by atoms with Gasteiger partial charge in [0, 0.05) is 36.0 Å². The molecule has 0 spiro atoms. The Morgan fingerprint density at radius 3 is 2.89 bits per heavy atom. The highest BCUT2D eigenvalue weighted by molar-refractivity contribution is 7.09. The maximum Gasteiger partial charge on any atom is 0.325 e. The normalized spacial score (nSPS) is 16.5. The maximum absolute atomic E-state index is 12.5. The Labute approximate surface area is 165 Å². The van der Waals surface area contributed by atoms with E-state index in [0.717, 1.165) is 9.91 Å². The van der Waals surface area contributed by atoms with Crippen LogP contribution in [0.4, 0.5) is 4.79 Å². The van der Waals surface area contributed by atoms with Crippen molar-refractivity contribution in [1.82, 2.24) is 20.5 Å². The average Bonchev–Trinajstić information content (AvgIpc) is 3.25. The van der Waals surface area contributed by atoms with Crippen molar-refractivity contribution in [2.24, 2.45) is 0 Å². The lowest BCUT2D eigenvalue weighted by Crippen LogP contribution is -2.33.